The number of hydrogen-bond donors (Lipinski definition) is 1. The number of para-hydroxylation sites is 1. The Morgan fingerprint density at radius 3 is 2.26 bits per heavy atom. The average molecular weight is 476 g/mol. The molecule has 0 spiro atoms. The molecule has 0 saturated carbocycles. The zero-order valence-electron chi connectivity index (χ0n) is 18.7. The third-order valence-corrected chi connectivity index (χ3v) is 5.26. The number of carbonyl (C=O) groups is 4. The molecule has 0 fully saturated rings. The van der Waals surface area contributed by atoms with Gasteiger partial charge in [0, 0.05) is 0 Å². The van der Waals surface area contributed by atoms with Gasteiger partial charge in [0.2, 0.25) is 0 Å². The number of fused-ring (bicyclic) bond motifs is 1. The number of hydrogen-bond acceptors (Lipinski definition) is 6. The van der Waals surface area contributed by atoms with Gasteiger partial charge < -0.3 is 14.8 Å². The van der Waals surface area contributed by atoms with Crippen molar-refractivity contribution in [1.29, 1.82) is 0 Å². The first kappa shape index (κ1) is 23.6. The second kappa shape index (κ2) is 10.2. The minimum Gasteiger partial charge on any atom is -0.493 e. The molecule has 8 nitrogen and oxygen atoms in total. The van der Waals surface area contributed by atoms with E-state index in [0.717, 1.165) is 4.90 Å². The maximum atomic E-state index is 13.7. The molecule has 0 bridgehead atoms. The molecule has 1 aliphatic heterocycles. The van der Waals surface area contributed by atoms with Crippen LogP contribution in [0.4, 0.5) is 10.1 Å². The van der Waals surface area contributed by atoms with Gasteiger partial charge in [-0.2, -0.15) is 0 Å². The molecule has 1 aliphatic rings. The number of anilines is 1. The second-order valence-electron chi connectivity index (χ2n) is 7.61. The van der Waals surface area contributed by atoms with Crippen LogP contribution in [0.15, 0.2) is 66.7 Å². The van der Waals surface area contributed by atoms with Gasteiger partial charge in [-0.15, -0.1) is 0 Å². The molecule has 3 aromatic carbocycles. The van der Waals surface area contributed by atoms with Crippen LogP contribution in [-0.4, -0.2) is 41.8 Å². The Morgan fingerprint density at radius 2 is 1.60 bits per heavy atom. The van der Waals surface area contributed by atoms with E-state index in [0.29, 0.717) is 16.7 Å². The molecule has 4 rings (SSSR count). The van der Waals surface area contributed by atoms with E-state index in [9.17, 15) is 23.6 Å². The Hall–Kier alpha value is -4.53. The van der Waals surface area contributed by atoms with Gasteiger partial charge in [0.25, 0.3) is 17.7 Å². The first-order chi connectivity index (χ1) is 16.9. The SMILES string of the molecule is CCOc1ccc(CN2C(=O)c3ccccc3C2=O)cc1C(=O)OCC(=O)Nc1ccccc1F. The summed E-state index contributed by atoms with van der Waals surface area (Å²) in [5.74, 6) is -2.81. The number of amides is 3. The van der Waals surface area contributed by atoms with Gasteiger partial charge in [-0.05, 0) is 48.9 Å². The maximum Gasteiger partial charge on any atom is 0.342 e. The van der Waals surface area contributed by atoms with Crippen LogP contribution in [0.5, 0.6) is 5.75 Å². The van der Waals surface area contributed by atoms with Crippen molar-refractivity contribution in [2.75, 3.05) is 18.5 Å². The van der Waals surface area contributed by atoms with Gasteiger partial charge in [0.1, 0.15) is 17.1 Å². The smallest absolute Gasteiger partial charge is 0.342 e. The molecule has 9 heteroatoms. The zero-order chi connectivity index (χ0) is 24.9. The van der Waals surface area contributed by atoms with E-state index in [2.05, 4.69) is 5.32 Å². The van der Waals surface area contributed by atoms with Crippen molar-refractivity contribution < 1.29 is 33.0 Å². The summed E-state index contributed by atoms with van der Waals surface area (Å²) in [6.45, 7) is 1.30. The summed E-state index contributed by atoms with van der Waals surface area (Å²) in [7, 11) is 0. The first-order valence-corrected chi connectivity index (χ1v) is 10.8. The predicted molar refractivity (Wildman–Crippen MR) is 124 cm³/mol. The minimum absolute atomic E-state index is 0.0275. The largest absolute Gasteiger partial charge is 0.493 e. The third-order valence-electron chi connectivity index (χ3n) is 5.26. The molecule has 0 aliphatic carbocycles. The highest BCUT2D eigenvalue weighted by Gasteiger charge is 2.35. The topological polar surface area (TPSA) is 102 Å². The lowest BCUT2D eigenvalue weighted by Gasteiger charge is -2.16. The van der Waals surface area contributed by atoms with Crippen LogP contribution >= 0.6 is 0 Å². The van der Waals surface area contributed by atoms with Crippen LogP contribution in [0.3, 0.4) is 0 Å². The summed E-state index contributed by atoms with van der Waals surface area (Å²) >= 11 is 0. The minimum atomic E-state index is -0.846. The summed E-state index contributed by atoms with van der Waals surface area (Å²) in [5, 5.41) is 2.33. The molecule has 1 N–H and O–H groups in total. The summed E-state index contributed by atoms with van der Waals surface area (Å²) in [6, 6.07) is 16.8. The Kier molecular flexibility index (Phi) is 6.86. The van der Waals surface area contributed by atoms with E-state index >= 15 is 0 Å². The molecule has 178 valence electrons. The fourth-order valence-corrected chi connectivity index (χ4v) is 3.64. The lowest BCUT2D eigenvalue weighted by Crippen LogP contribution is -2.29. The molecule has 35 heavy (non-hydrogen) atoms. The molecule has 0 aromatic heterocycles. The van der Waals surface area contributed by atoms with E-state index in [1.807, 2.05) is 0 Å². The van der Waals surface area contributed by atoms with Gasteiger partial charge in [0.15, 0.2) is 6.61 Å². The monoisotopic (exact) mass is 476 g/mol. The fraction of sp³-hybridized carbons (Fsp3) is 0.154. The highest BCUT2D eigenvalue weighted by atomic mass is 19.1. The van der Waals surface area contributed by atoms with Gasteiger partial charge >= 0.3 is 5.97 Å². The molecule has 0 atom stereocenters. The molecule has 0 radical (unpaired) electrons. The van der Waals surface area contributed by atoms with Crippen molar-refractivity contribution in [2.45, 2.75) is 13.5 Å². The normalized spacial score (nSPS) is 12.3. The third kappa shape index (κ3) is 5.03. The zero-order valence-corrected chi connectivity index (χ0v) is 18.7. The van der Waals surface area contributed by atoms with Crippen LogP contribution in [0, 0.1) is 5.82 Å². The highest BCUT2D eigenvalue weighted by molar-refractivity contribution is 6.21. The van der Waals surface area contributed by atoms with Crippen LogP contribution in [0.25, 0.3) is 0 Å². The lowest BCUT2D eigenvalue weighted by molar-refractivity contribution is -0.119. The number of benzene rings is 3. The van der Waals surface area contributed by atoms with E-state index in [1.54, 1.807) is 43.3 Å². The van der Waals surface area contributed by atoms with Crippen molar-refractivity contribution in [3.05, 3.63) is 94.8 Å². The van der Waals surface area contributed by atoms with Crippen molar-refractivity contribution in [2.24, 2.45) is 0 Å². The van der Waals surface area contributed by atoms with Crippen LogP contribution in [0.1, 0.15) is 43.6 Å². The summed E-state index contributed by atoms with van der Waals surface area (Å²) in [5.41, 5.74) is 1.13. The molecule has 0 saturated heterocycles. The highest BCUT2D eigenvalue weighted by Crippen LogP contribution is 2.27. The van der Waals surface area contributed by atoms with E-state index < -0.39 is 36.1 Å². The molecule has 3 aromatic rings. The molecular weight excluding hydrogens is 455 g/mol. The van der Waals surface area contributed by atoms with Gasteiger partial charge in [-0.3, -0.25) is 19.3 Å². The van der Waals surface area contributed by atoms with Crippen molar-refractivity contribution in [1.82, 2.24) is 4.90 Å². The van der Waals surface area contributed by atoms with E-state index in [-0.39, 0.29) is 30.2 Å². The number of rotatable bonds is 8. The van der Waals surface area contributed by atoms with Crippen molar-refractivity contribution in [3.8, 4) is 5.75 Å². The number of carbonyl (C=O) groups excluding carboxylic acids is 4. The number of ether oxygens (including phenoxy) is 2. The number of esters is 1. The van der Waals surface area contributed by atoms with Gasteiger partial charge in [-0.25, -0.2) is 9.18 Å². The standard InChI is InChI=1S/C26H21FN2O6/c1-2-34-22-12-11-16(14-29-24(31)17-7-3-4-8-18(17)25(29)32)13-19(22)26(33)35-15-23(30)28-21-10-6-5-9-20(21)27/h3-13H,2,14-15H2,1H3,(H,28,30). The van der Waals surface area contributed by atoms with Crippen molar-refractivity contribution >= 4 is 29.4 Å². The second-order valence-corrected chi connectivity index (χ2v) is 7.61. The number of nitrogens with one attached hydrogen (secondary N) is 1. The average Bonchev–Trinajstić information content (AvgIpc) is 3.10. The van der Waals surface area contributed by atoms with Gasteiger partial charge in [0.05, 0.1) is 30.0 Å². The van der Waals surface area contributed by atoms with Crippen LogP contribution in [0.2, 0.25) is 0 Å². The molecule has 3 amide bonds. The van der Waals surface area contributed by atoms with Crippen molar-refractivity contribution in [3.63, 3.8) is 0 Å². The molecular formula is C26H21FN2O6. The Bertz CT molecular complexity index is 1290. The summed E-state index contributed by atoms with van der Waals surface area (Å²) in [4.78, 5) is 51.3. The molecule has 0 unspecified atom stereocenters. The Labute approximate surface area is 200 Å². The number of imide groups is 1. The quantitative estimate of drug-likeness (QED) is 0.392. The van der Waals surface area contributed by atoms with Gasteiger partial charge in [-0.1, -0.05) is 30.3 Å². The molecule has 1 heterocycles. The lowest BCUT2D eigenvalue weighted by atomic mass is 10.1. The summed E-state index contributed by atoms with van der Waals surface area (Å²) < 4.78 is 24.3. The van der Waals surface area contributed by atoms with Crippen LogP contribution < -0.4 is 10.1 Å². The van der Waals surface area contributed by atoms with Crippen LogP contribution in [-0.2, 0) is 16.1 Å². The summed E-state index contributed by atoms with van der Waals surface area (Å²) in [6.07, 6.45) is 0. The Morgan fingerprint density at radius 1 is 0.943 bits per heavy atom. The number of nitrogens with zero attached hydrogens (tertiary/aromatic N) is 1. The van der Waals surface area contributed by atoms with E-state index in [4.69, 9.17) is 9.47 Å². The Balaban J connectivity index is 1.47. The fourth-order valence-electron chi connectivity index (χ4n) is 3.64. The first-order valence-electron chi connectivity index (χ1n) is 10.8. The van der Waals surface area contributed by atoms with E-state index in [1.165, 1.54) is 30.3 Å². The number of halogens is 1. The predicted octanol–water partition coefficient (Wildman–Crippen LogP) is 3.82. The maximum absolute atomic E-state index is 13.7.